The Morgan fingerprint density at radius 1 is 1.50 bits per heavy atom. The van der Waals surface area contributed by atoms with Gasteiger partial charge < -0.3 is 0 Å². The van der Waals surface area contributed by atoms with Crippen molar-refractivity contribution in [1.82, 2.24) is 3.71 Å². The van der Waals surface area contributed by atoms with Gasteiger partial charge in [-0.25, -0.2) is 8.42 Å². The fraction of sp³-hybridized carbons (Fsp3) is 1.00. The van der Waals surface area contributed by atoms with Gasteiger partial charge in [-0.05, 0) is 24.5 Å². The Hall–Kier alpha value is 0.550. The van der Waals surface area contributed by atoms with Crippen LogP contribution in [0, 0.1) is 0 Å². The monoisotopic (exact) mass is 203 g/mol. The van der Waals surface area contributed by atoms with Gasteiger partial charge in [0.1, 0.15) is 0 Å². The van der Waals surface area contributed by atoms with E-state index in [1.807, 2.05) is 0 Å². The van der Waals surface area contributed by atoms with E-state index in [4.69, 9.17) is 10.7 Å². The van der Waals surface area contributed by atoms with Crippen molar-refractivity contribution in [2.24, 2.45) is 0 Å². The average molecular weight is 204 g/mol. The van der Waals surface area contributed by atoms with Gasteiger partial charge in [0.05, 0.1) is 6.26 Å². The second kappa shape index (κ2) is 3.80. The summed E-state index contributed by atoms with van der Waals surface area (Å²) in [6.07, 6.45) is 1.13. The number of halogens is 1. The Bertz CT molecular complexity index is 189. The van der Waals surface area contributed by atoms with E-state index in [1.165, 1.54) is 0 Å². The van der Waals surface area contributed by atoms with Gasteiger partial charge in [-0.2, -0.15) is 0 Å². The fourth-order valence-corrected chi connectivity index (χ4v) is 3.25. The third kappa shape index (κ3) is 3.09. The van der Waals surface area contributed by atoms with Crippen molar-refractivity contribution in [1.29, 1.82) is 0 Å². The second-order valence-corrected chi connectivity index (χ2v) is 5.22. The predicted molar refractivity (Wildman–Crippen MR) is 45.3 cm³/mol. The van der Waals surface area contributed by atoms with Crippen molar-refractivity contribution in [2.75, 3.05) is 6.26 Å². The molecule has 0 unspecified atom stereocenters. The summed E-state index contributed by atoms with van der Waals surface area (Å²) in [5.74, 6) is 0. The summed E-state index contributed by atoms with van der Waals surface area (Å²) in [7, 11) is 2.16. The summed E-state index contributed by atoms with van der Waals surface area (Å²) in [5.41, 5.74) is 0. The molecule has 0 aliphatic carbocycles. The molecule has 0 saturated carbocycles. The van der Waals surface area contributed by atoms with Crippen LogP contribution in [0.25, 0.3) is 0 Å². The van der Waals surface area contributed by atoms with Crippen LogP contribution in [0.5, 0.6) is 0 Å². The lowest BCUT2D eigenvalue weighted by molar-refractivity contribution is 0.509. The minimum Gasteiger partial charge on any atom is -0.212 e. The van der Waals surface area contributed by atoms with Gasteiger partial charge in [-0.15, -0.1) is 3.71 Å². The quantitative estimate of drug-likeness (QED) is 0.652. The highest BCUT2D eigenvalue weighted by molar-refractivity contribution is 8.24. The number of nitrogens with zero attached hydrogens (tertiary/aromatic N) is 1. The molecule has 0 N–H and O–H groups in total. The highest BCUT2D eigenvalue weighted by Crippen LogP contribution is 2.21. The molecule has 0 amide bonds. The third-order valence-electron chi connectivity index (χ3n) is 0.817. The molecular formula is C4H10ClNO2S2. The largest absolute Gasteiger partial charge is 0.221 e. The summed E-state index contributed by atoms with van der Waals surface area (Å²) >= 11 is 0.703. The first-order valence-electron chi connectivity index (χ1n) is 2.67. The van der Waals surface area contributed by atoms with E-state index in [-0.39, 0.29) is 6.04 Å². The first-order valence-corrected chi connectivity index (χ1v) is 6.12. The third-order valence-corrected chi connectivity index (χ3v) is 4.18. The lowest BCUT2D eigenvalue weighted by Gasteiger charge is -2.18. The first-order chi connectivity index (χ1) is 4.39. The van der Waals surface area contributed by atoms with Crippen molar-refractivity contribution in [2.45, 2.75) is 19.9 Å². The van der Waals surface area contributed by atoms with E-state index >= 15 is 0 Å². The molecule has 0 aliphatic heterocycles. The number of rotatable bonds is 3. The molecule has 62 valence electrons. The maximum atomic E-state index is 10.8. The molecule has 0 radical (unpaired) electrons. The van der Waals surface area contributed by atoms with Crippen LogP contribution in [-0.2, 0) is 10.0 Å². The van der Waals surface area contributed by atoms with Crippen LogP contribution in [0.4, 0.5) is 0 Å². The average Bonchev–Trinajstić information content (AvgIpc) is 1.60. The van der Waals surface area contributed by atoms with E-state index < -0.39 is 10.0 Å². The van der Waals surface area contributed by atoms with Crippen LogP contribution in [-0.4, -0.2) is 24.4 Å². The zero-order valence-electron chi connectivity index (χ0n) is 6.04. The molecule has 0 rings (SSSR count). The van der Waals surface area contributed by atoms with Gasteiger partial charge in [-0.1, -0.05) is 0 Å². The molecule has 0 aromatic heterocycles. The van der Waals surface area contributed by atoms with Crippen LogP contribution < -0.4 is 0 Å². The molecule has 0 fully saturated rings. The SMILES string of the molecule is CC(C)N(SCl)S(C)(=O)=O. The smallest absolute Gasteiger partial charge is 0.212 e. The van der Waals surface area contributed by atoms with Crippen molar-refractivity contribution in [3.05, 3.63) is 0 Å². The van der Waals surface area contributed by atoms with Crippen molar-refractivity contribution >= 4 is 31.9 Å². The maximum absolute atomic E-state index is 10.8. The highest BCUT2D eigenvalue weighted by Gasteiger charge is 2.19. The van der Waals surface area contributed by atoms with Crippen LogP contribution in [0.2, 0.25) is 0 Å². The Kier molecular flexibility index (Phi) is 4.01. The fourth-order valence-electron chi connectivity index (χ4n) is 0.514. The van der Waals surface area contributed by atoms with Crippen molar-refractivity contribution in [3.63, 3.8) is 0 Å². The molecule has 0 heterocycles. The molecule has 0 aliphatic rings. The molecule has 0 aromatic rings. The lowest BCUT2D eigenvalue weighted by Crippen LogP contribution is -2.28. The number of hydrogen-bond donors (Lipinski definition) is 0. The summed E-state index contributed by atoms with van der Waals surface area (Å²) in [4.78, 5) is 0. The van der Waals surface area contributed by atoms with E-state index in [2.05, 4.69) is 0 Å². The van der Waals surface area contributed by atoms with Gasteiger partial charge in [0, 0.05) is 17.2 Å². The summed E-state index contributed by atoms with van der Waals surface area (Å²) in [6.45, 7) is 3.52. The molecule has 3 nitrogen and oxygen atoms in total. The topological polar surface area (TPSA) is 37.4 Å². The van der Waals surface area contributed by atoms with Crippen LogP contribution in [0.1, 0.15) is 13.8 Å². The van der Waals surface area contributed by atoms with Crippen molar-refractivity contribution < 1.29 is 8.42 Å². The van der Waals surface area contributed by atoms with E-state index in [9.17, 15) is 8.42 Å². The first kappa shape index (κ1) is 10.6. The zero-order valence-corrected chi connectivity index (χ0v) is 8.42. The second-order valence-electron chi connectivity index (χ2n) is 2.18. The van der Waals surface area contributed by atoms with Gasteiger partial charge in [-0.3, -0.25) is 0 Å². The minimum absolute atomic E-state index is 0.0995. The predicted octanol–water partition coefficient (Wildman–Crippen LogP) is 1.46. The summed E-state index contributed by atoms with van der Waals surface area (Å²) in [6, 6.07) is -0.0995. The molecule has 0 spiro atoms. The number of hydrogen-bond acceptors (Lipinski definition) is 3. The number of sulfonamides is 1. The van der Waals surface area contributed by atoms with Crippen LogP contribution in [0.15, 0.2) is 0 Å². The van der Waals surface area contributed by atoms with Gasteiger partial charge in [0.2, 0.25) is 10.0 Å². The van der Waals surface area contributed by atoms with E-state index in [1.54, 1.807) is 13.8 Å². The van der Waals surface area contributed by atoms with E-state index in [0.717, 1.165) is 9.97 Å². The standard InChI is InChI=1S/C4H10ClNO2S2/c1-4(2)6(9-5)10(3,7)8/h4H,1-3H3. The maximum Gasteiger partial charge on any atom is 0.221 e. The Labute approximate surface area is 70.4 Å². The van der Waals surface area contributed by atoms with Gasteiger partial charge in [0.25, 0.3) is 0 Å². The lowest BCUT2D eigenvalue weighted by atomic mass is 10.4. The summed E-state index contributed by atoms with van der Waals surface area (Å²) < 4.78 is 22.8. The molecule has 6 heteroatoms. The molecule has 0 saturated heterocycles. The molecule has 10 heavy (non-hydrogen) atoms. The highest BCUT2D eigenvalue weighted by atomic mass is 35.7. The van der Waals surface area contributed by atoms with E-state index in [0.29, 0.717) is 11.2 Å². The molecular weight excluding hydrogens is 194 g/mol. The van der Waals surface area contributed by atoms with Crippen molar-refractivity contribution in [3.8, 4) is 0 Å². The molecule has 0 bridgehead atoms. The minimum atomic E-state index is -3.15. The Morgan fingerprint density at radius 3 is 1.90 bits per heavy atom. The Balaban J connectivity index is 4.38. The zero-order chi connectivity index (χ0) is 8.36. The van der Waals surface area contributed by atoms with Crippen LogP contribution >= 0.6 is 21.8 Å². The van der Waals surface area contributed by atoms with Gasteiger partial charge in [0.15, 0.2) is 0 Å². The summed E-state index contributed by atoms with van der Waals surface area (Å²) in [5, 5.41) is 0. The molecule has 0 atom stereocenters. The van der Waals surface area contributed by atoms with Gasteiger partial charge >= 0.3 is 0 Å². The Morgan fingerprint density at radius 2 is 1.90 bits per heavy atom. The van der Waals surface area contributed by atoms with Crippen LogP contribution in [0.3, 0.4) is 0 Å². The molecule has 0 aromatic carbocycles. The normalized spacial score (nSPS) is 13.0.